The summed E-state index contributed by atoms with van der Waals surface area (Å²) in [5.74, 6) is 0.115. The van der Waals surface area contributed by atoms with Crippen molar-refractivity contribution in [3.8, 4) is 6.07 Å². The minimum absolute atomic E-state index is 0.0170. The van der Waals surface area contributed by atoms with Crippen molar-refractivity contribution in [3.63, 3.8) is 0 Å². The largest absolute Gasteiger partial charge is 0.344 e. The Morgan fingerprint density at radius 1 is 1.47 bits per heavy atom. The minimum atomic E-state index is -0.241. The highest BCUT2D eigenvalue weighted by atomic mass is 16.2. The van der Waals surface area contributed by atoms with Gasteiger partial charge in [0.25, 0.3) is 0 Å². The topological polar surface area (TPSA) is 47.3 Å². The van der Waals surface area contributed by atoms with Gasteiger partial charge in [-0.3, -0.25) is 9.69 Å². The van der Waals surface area contributed by atoms with Crippen molar-refractivity contribution in [1.82, 2.24) is 9.80 Å². The Hall–Kier alpha value is -1.08. The van der Waals surface area contributed by atoms with Gasteiger partial charge in [-0.25, -0.2) is 0 Å². The number of hydrogen-bond donors (Lipinski definition) is 0. The van der Waals surface area contributed by atoms with Crippen LogP contribution in [0.4, 0.5) is 0 Å². The van der Waals surface area contributed by atoms with Crippen LogP contribution in [0.15, 0.2) is 0 Å². The van der Waals surface area contributed by atoms with Gasteiger partial charge >= 0.3 is 0 Å². The second-order valence-corrected chi connectivity index (χ2v) is 5.84. The first kappa shape index (κ1) is 12.4. The molecule has 17 heavy (non-hydrogen) atoms. The standard InChI is InChI=1S/C13H21N3O/c1-13(2)7-9-15(3)12(17)11(6-8-14)16(13)10-4-5-10/h10-11H,4-7,9H2,1-3H3. The maximum Gasteiger partial charge on any atom is 0.240 e. The summed E-state index contributed by atoms with van der Waals surface area (Å²) in [6.45, 7) is 5.18. The molecule has 1 amide bonds. The lowest BCUT2D eigenvalue weighted by molar-refractivity contribution is -0.135. The molecular formula is C13H21N3O. The van der Waals surface area contributed by atoms with E-state index in [0.717, 1.165) is 13.0 Å². The molecule has 0 radical (unpaired) electrons. The highest BCUT2D eigenvalue weighted by molar-refractivity contribution is 5.82. The first-order valence-corrected chi connectivity index (χ1v) is 6.38. The summed E-state index contributed by atoms with van der Waals surface area (Å²) in [7, 11) is 1.85. The predicted octanol–water partition coefficient (Wildman–Crippen LogP) is 1.37. The molecular weight excluding hydrogens is 214 g/mol. The fraction of sp³-hybridized carbons (Fsp3) is 0.846. The quantitative estimate of drug-likeness (QED) is 0.726. The van der Waals surface area contributed by atoms with Gasteiger partial charge < -0.3 is 4.90 Å². The monoisotopic (exact) mass is 235 g/mol. The van der Waals surface area contributed by atoms with Gasteiger partial charge in [0, 0.05) is 25.2 Å². The SMILES string of the molecule is CN1CCC(C)(C)N(C2CC2)C(CC#N)C1=O. The Kier molecular flexibility index (Phi) is 3.13. The Morgan fingerprint density at radius 2 is 2.12 bits per heavy atom. The molecule has 0 aromatic heterocycles. The van der Waals surface area contributed by atoms with Gasteiger partial charge in [-0.2, -0.15) is 5.26 Å². The number of likely N-dealkylation sites (N-methyl/N-ethyl adjacent to an activating group) is 1. The molecule has 0 bridgehead atoms. The van der Waals surface area contributed by atoms with Crippen LogP contribution in [0.3, 0.4) is 0 Å². The van der Waals surface area contributed by atoms with E-state index >= 15 is 0 Å². The van der Waals surface area contributed by atoms with Crippen molar-refractivity contribution in [2.24, 2.45) is 0 Å². The van der Waals surface area contributed by atoms with E-state index in [4.69, 9.17) is 5.26 Å². The third kappa shape index (κ3) is 2.30. The van der Waals surface area contributed by atoms with E-state index < -0.39 is 0 Å². The second-order valence-electron chi connectivity index (χ2n) is 5.84. The highest BCUT2D eigenvalue weighted by Crippen LogP contribution is 2.38. The molecule has 1 unspecified atom stereocenters. The molecule has 2 rings (SSSR count). The Balaban J connectivity index is 2.31. The summed E-state index contributed by atoms with van der Waals surface area (Å²) in [5, 5.41) is 8.96. The third-order valence-electron chi connectivity index (χ3n) is 3.98. The van der Waals surface area contributed by atoms with Crippen LogP contribution in [0.5, 0.6) is 0 Å². The van der Waals surface area contributed by atoms with Crippen LogP contribution < -0.4 is 0 Å². The van der Waals surface area contributed by atoms with Crippen molar-refractivity contribution in [2.45, 2.75) is 57.2 Å². The van der Waals surface area contributed by atoms with E-state index in [1.165, 1.54) is 12.8 Å². The predicted molar refractivity (Wildman–Crippen MR) is 65.2 cm³/mol. The van der Waals surface area contributed by atoms with Gasteiger partial charge in [-0.05, 0) is 33.1 Å². The Morgan fingerprint density at radius 3 is 2.65 bits per heavy atom. The molecule has 4 nitrogen and oxygen atoms in total. The van der Waals surface area contributed by atoms with Crippen LogP contribution in [0.25, 0.3) is 0 Å². The number of carbonyl (C=O) groups excluding carboxylic acids is 1. The van der Waals surface area contributed by atoms with Crippen molar-refractivity contribution in [1.29, 1.82) is 5.26 Å². The van der Waals surface area contributed by atoms with Gasteiger partial charge in [0.1, 0.15) is 6.04 Å². The lowest BCUT2D eigenvalue weighted by Gasteiger charge is -2.40. The van der Waals surface area contributed by atoms with Crippen molar-refractivity contribution in [3.05, 3.63) is 0 Å². The molecule has 1 atom stereocenters. The van der Waals surface area contributed by atoms with Gasteiger partial charge in [0.15, 0.2) is 0 Å². The van der Waals surface area contributed by atoms with E-state index in [2.05, 4.69) is 24.8 Å². The molecule has 0 N–H and O–H groups in total. The van der Waals surface area contributed by atoms with E-state index in [0.29, 0.717) is 12.5 Å². The van der Waals surface area contributed by atoms with Gasteiger partial charge in [-0.15, -0.1) is 0 Å². The molecule has 2 fully saturated rings. The molecule has 1 aliphatic carbocycles. The number of carbonyl (C=O) groups is 1. The van der Waals surface area contributed by atoms with Crippen LogP contribution in [0.1, 0.15) is 39.5 Å². The lowest BCUT2D eigenvalue weighted by Crippen LogP contribution is -2.53. The summed E-state index contributed by atoms with van der Waals surface area (Å²) >= 11 is 0. The van der Waals surface area contributed by atoms with Crippen LogP contribution in [0.2, 0.25) is 0 Å². The Labute approximate surface area is 103 Å². The van der Waals surface area contributed by atoms with Gasteiger partial charge in [-0.1, -0.05) is 0 Å². The molecule has 1 heterocycles. The number of rotatable bonds is 2. The molecule has 1 saturated heterocycles. The molecule has 4 heteroatoms. The van der Waals surface area contributed by atoms with Crippen molar-refractivity contribution < 1.29 is 4.79 Å². The average molecular weight is 235 g/mol. The molecule has 2 aliphatic rings. The first-order chi connectivity index (χ1) is 7.97. The van der Waals surface area contributed by atoms with Crippen LogP contribution in [-0.2, 0) is 4.79 Å². The summed E-state index contributed by atoms with van der Waals surface area (Å²) in [4.78, 5) is 16.4. The normalized spacial score (nSPS) is 29.9. The summed E-state index contributed by atoms with van der Waals surface area (Å²) in [6.07, 6.45) is 3.63. The van der Waals surface area contributed by atoms with E-state index in [-0.39, 0.29) is 17.5 Å². The summed E-state index contributed by atoms with van der Waals surface area (Å²) in [5.41, 5.74) is 0.0170. The fourth-order valence-corrected chi connectivity index (χ4v) is 2.85. The molecule has 0 spiro atoms. The average Bonchev–Trinajstić information content (AvgIpc) is 3.07. The smallest absolute Gasteiger partial charge is 0.240 e. The molecule has 0 aromatic carbocycles. The van der Waals surface area contributed by atoms with Crippen molar-refractivity contribution >= 4 is 5.91 Å². The van der Waals surface area contributed by atoms with E-state index in [9.17, 15) is 4.79 Å². The maximum absolute atomic E-state index is 12.3. The minimum Gasteiger partial charge on any atom is -0.344 e. The zero-order chi connectivity index (χ0) is 12.6. The first-order valence-electron chi connectivity index (χ1n) is 6.38. The molecule has 94 valence electrons. The van der Waals surface area contributed by atoms with Crippen molar-refractivity contribution in [2.75, 3.05) is 13.6 Å². The number of nitriles is 1. The number of nitrogens with zero attached hydrogens (tertiary/aromatic N) is 3. The van der Waals surface area contributed by atoms with Crippen LogP contribution >= 0.6 is 0 Å². The number of amides is 1. The van der Waals surface area contributed by atoms with E-state index in [1.54, 1.807) is 4.90 Å². The lowest BCUT2D eigenvalue weighted by atomic mass is 9.95. The summed E-state index contributed by atoms with van der Waals surface area (Å²) < 4.78 is 0. The Bertz CT molecular complexity index is 354. The maximum atomic E-state index is 12.3. The number of hydrogen-bond acceptors (Lipinski definition) is 3. The molecule has 1 saturated carbocycles. The second kappa shape index (κ2) is 4.30. The fourth-order valence-electron chi connectivity index (χ4n) is 2.85. The zero-order valence-electron chi connectivity index (χ0n) is 10.9. The van der Waals surface area contributed by atoms with E-state index in [1.807, 2.05) is 7.05 Å². The van der Waals surface area contributed by atoms with Crippen LogP contribution in [0, 0.1) is 11.3 Å². The zero-order valence-corrected chi connectivity index (χ0v) is 10.9. The van der Waals surface area contributed by atoms with Gasteiger partial charge in [0.05, 0.1) is 12.5 Å². The molecule has 0 aromatic rings. The highest BCUT2D eigenvalue weighted by Gasteiger charge is 2.47. The van der Waals surface area contributed by atoms with Gasteiger partial charge in [0.2, 0.25) is 5.91 Å². The van der Waals surface area contributed by atoms with Crippen LogP contribution in [-0.4, -0.2) is 46.9 Å². The summed E-state index contributed by atoms with van der Waals surface area (Å²) in [6, 6.07) is 2.45. The molecule has 1 aliphatic heterocycles. The third-order valence-corrected chi connectivity index (χ3v) is 3.98.